The highest BCUT2D eigenvalue weighted by Gasteiger charge is 2.06. The topological polar surface area (TPSA) is 63.5 Å². The molecule has 0 unspecified atom stereocenters. The number of guanidine groups is 1. The number of rotatable bonds is 7. The molecule has 1 aromatic heterocycles. The second-order valence-electron chi connectivity index (χ2n) is 6.16. The first-order valence-corrected chi connectivity index (χ1v) is 9.42. The molecule has 2 N–H and O–H groups in total. The predicted molar refractivity (Wildman–Crippen MR) is 129 cm³/mol. The highest BCUT2D eigenvalue weighted by molar-refractivity contribution is 14.0. The summed E-state index contributed by atoms with van der Waals surface area (Å²) in [6.45, 7) is 1.37. The number of halogens is 2. The number of aromatic nitrogens is 2. The molecule has 0 fully saturated rings. The van der Waals surface area contributed by atoms with Crippen molar-refractivity contribution in [2.45, 2.75) is 13.0 Å². The molecule has 2 aromatic carbocycles. The van der Waals surface area contributed by atoms with Crippen molar-refractivity contribution in [3.63, 3.8) is 0 Å². The second-order valence-corrected chi connectivity index (χ2v) is 6.57. The van der Waals surface area contributed by atoms with Gasteiger partial charge in [0.15, 0.2) is 5.96 Å². The van der Waals surface area contributed by atoms with Crippen LogP contribution in [0.4, 0.5) is 0 Å². The minimum Gasteiger partial charge on any atom is -0.497 e. The molecule has 0 aliphatic rings. The van der Waals surface area contributed by atoms with E-state index < -0.39 is 0 Å². The van der Waals surface area contributed by atoms with Gasteiger partial charge in [-0.1, -0.05) is 35.9 Å². The first kappa shape index (κ1) is 23.0. The number of aliphatic imine (C=N–C) groups is 1. The fourth-order valence-corrected chi connectivity index (χ4v) is 3.15. The van der Waals surface area contributed by atoms with Crippen molar-refractivity contribution < 1.29 is 4.74 Å². The Kier molecular flexibility index (Phi) is 9.27. The average molecular weight is 526 g/mol. The molecule has 8 heteroatoms. The molecule has 0 aliphatic heterocycles. The maximum atomic E-state index is 6.30. The number of hydrogen-bond acceptors (Lipinski definition) is 3. The lowest BCUT2D eigenvalue weighted by Crippen LogP contribution is -2.38. The molecular weight excluding hydrogens is 501 g/mol. The summed E-state index contributed by atoms with van der Waals surface area (Å²) >= 11 is 6.30. The van der Waals surface area contributed by atoms with Gasteiger partial charge < -0.3 is 19.9 Å². The molecule has 0 radical (unpaired) electrons. The van der Waals surface area contributed by atoms with Gasteiger partial charge in [-0.2, -0.15) is 0 Å². The van der Waals surface area contributed by atoms with Gasteiger partial charge in [0.1, 0.15) is 5.75 Å². The minimum absolute atomic E-state index is 0. The molecule has 1 heterocycles. The second kappa shape index (κ2) is 11.7. The molecule has 154 valence electrons. The van der Waals surface area contributed by atoms with Gasteiger partial charge >= 0.3 is 0 Å². The SMILES string of the molecule is CN=C(NCCc1ccc(OC)cc1Cl)NCc1ccccc1-n1ccnc1.I. The zero-order chi connectivity index (χ0) is 19.8. The van der Waals surface area contributed by atoms with Crippen LogP contribution in [0.2, 0.25) is 5.02 Å². The van der Waals surface area contributed by atoms with Gasteiger partial charge in [-0.05, 0) is 35.7 Å². The maximum Gasteiger partial charge on any atom is 0.191 e. The number of para-hydroxylation sites is 1. The van der Waals surface area contributed by atoms with Crippen LogP contribution in [0.25, 0.3) is 5.69 Å². The molecular formula is C21H25ClIN5O. The number of ether oxygens (including phenoxy) is 1. The van der Waals surface area contributed by atoms with Gasteiger partial charge in [0.2, 0.25) is 0 Å². The summed E-state index contributed by atoms with van der Waals surface area (Å²) in [5, 5.41) is 7.39. The molecule has 0 amide bonds. The average Bonchev–Trinajstić information content (AvgIpc) is 3.26. The molecule has 6 nitrogen and oxygen atoms in total. The minimum atomic E-state index is 0. The largest absolute Gasteiger partial charge is 0.497 e. The van der Waals surface area contributed by atoms with Crippen molar-refractivity contribution in [1.29, 1.82) is 0 Å². The molecule has 0 spiro atoms. The van der Waals surface area contributed by atoms with Crippen LogP contribution < -0.4 is 15.4 Å². The Morgan fingerprint density at radius 3 is 2.69 bits per heavy atom. The van der Waals surface area contributed by atoms with E-state index in [-0.39, 0.29) is 24.0 Å². The van der Waals surface area contributed by atoms with Crippen LogP contribution in [0, 0.1) is 0 Å². The standard InChI is InChI=1S/C21H24ClN5O.HI/c1-23-21(25-10-9-16-7-8-18(28-2)13-19(16)22)26-14-17-5-3-4-6-20(17)27-12-11-24-15-27;/h3-8,11-13,15H,9-10,14H2,1-2H3,(H2,23,25,26);1H. The van der Waals surface area contributed by atoms with Crippen molar-refractivity contribution >= 4 is 41.5 Å². The zero-order valence-electron chi connectivity index (χ0n) is 16.4. The van der Waals surface area contributed by atoms with Crippen LogP contribution >= 0.6 is 35.6 Å². The van der Waals surface area contributed by atoms with Gasteiger partial charge in [0, 0.05) is 37.6 Å². The van der Waals surface area contributed by atoms with Crippen LogP contribution in [0.15, 0.2) is 66.2 Å². The Balaban J connectivity index is 0.00000300. The number of nitrogens with one attached hydrogen (secondary N) is 2. The fourth-order valence-electron chi connectivity index (χ4n) is 2.89. The monoisotopic (exact) mass is 525 g/mol. The van der Waals surface area contributed by atoms with Crippen molar-refractivity contribution in [2.75, 3.05) is 20.7 Å². The number of benzene rings is 2. The third-order valence-corrected chi connectivity index (χ3v) is 4.74. The number of methoxy groups -OCH3 is 1. The summed E-state index contributed by atoms with van der Waals surface area (Å²) < 4.78 is 7.18. The maximum absolute atomic E-state index is 6.30. The molecule has 0 atom stereocenters. The predicted octanol–water partition coefficient (Wildman–Crippen LogP) is 4.06. The van der Waals surface area contributed by atoms with Gasteiger partial charge in [-0.25, -0.2) is 4.98 Å². The molecule has 0 saturated carbocycles. The Hall–Kier alpha value is -2.26. The summed E-state index contributed by atoms with van der Waals surface area (Å²) in [5.74, 6) is 1.50. The Bertz CT molecular complexity index is 931. The van der Waals surface area contributed by atoms with E-state index in [4.69, 9.17) is 16.3 Å². The Labute approximate surface area is 193 Å². The van der Waals surface area contributed by atoms with Gasteiger partial charge in [0.05, 0.1) is 19.1 Å². The molecule has 0 aliphatic carbocycles. The number of hydrogen-bond donors (Lipinski definition) is 2. The quantitative estimate of drug-likeness (QED) is 0.277. The van der Waals surface area contributed by atoms with E-state index in [0.29, 0.717) is 11.6 Å². The van der Waals surface area contributed by atoms with Gasteiger partial charge in [-0.3, -0.25) is 4.99 Å². The van der Waals surface area contributed by atoms with E-state index in [1.165, 1.54) is 0 Å². The summed E-state index contributed by atoms with van der Waals surface area (Å²) in [4.78, 5) is 8.42. The lowest BCUT2D eigenvalue weighted by atomic mass is 10.1. The summed E-state index contributed by atoms with van der Waals surface area (Å²) in [6, 6.07) is 13.9. The summed E-state index contributed by atoms with van der Waals surface area (Å²) in [6.07, 6.45) is 6.29. The summed E-state index contributed by atoms with van der Waals surface area (Å²) in [5.41, 5.74) is 3.31. The Morgan fingerprint density at radius 2 is 2.00 bits per heavy atom. The van der Waals surface area contributed by atoms with E-state index in [2.05, 4.69) is 32.7 Å². The highest BCUT2D eigenvalue weighted by Crippen LogP contribution is 2.22. The van der Waals surface area contributed by atoms with Crippen LogP contribution in [-0.2, 0) is 13.0 Å². The smallest absolute Gasteiger partial charge is 0.191 e. The number of nitrogens with zero attached hydrogens (tertiary/aromatic N) is 3. The Morgan fingerprint density at radius 1 is 1.17 bits per heavy atom. The zero-order valence-corrected chi connectivity index (χ0v) is 19.5. The van der Waals surface area contributed by atoms with Crippen LogP contribution in [0.1, 0.15) is 11.1 Å². The van der Waals surface area contributed by atoms with E-state index in [1.54, 1.807) is 26.7 Å². The van der Waals surface area contributed by atoms with Gasteiger partial charge in [-0.15, -0.1) is 24.0 Å². The fraction of sp³-hybridized carbons (Fsp3) is 0.238. The van der Waals surface area contributed by atoms with E-state index in [1.807, 2.05) is 41.1 Å². The summed E-state index contributed by atoms with van der Waals surface area (Å²) in [7, 11) is 3.39. The normalized spacial score (nSPS) is 10.9. The van der Waals surface area contributed by atoms with Crippen LogP contribution in [0.5, 0.6) is 5.75 Å². The van der Waals surface area contributed by atoms with Crippen molar-refractivity contribution in [3.8, 4) is 11.4 Å². The highest BCUT2D eigenvalue weighted by atomic mass is 127. The third kappa shape index (κ3) is 6.37. The van der Waals surface area contributed by atoms with Crippen molar-refractivity contribution in [3.05, 3.63) is 77.3 Å². The van der Waals surface area contributed by atoms with Gasteiger partial charge in [0.25, 0.3) is 0 Å². The van der Waals surface area contributed by atoms with E-state index in [0.717, 1.165) is 41.5 Å². The lowest BCUT2D eigenvalue weighted by molar-refractivity contribution is 0.414. The molecule has 3 rings (SSSR count). The first-order chi connectivity index (χ1) is 13.7. The van der Waals surface area contributed by atoms with E-state index in [9.17, 15) is 0 Å². The first-order valence-electron chi connectivity index (χ1n) is 9.04. The molecule has 0 bridgehead atoms. The number of imidazole rings is 1. The van der Waals surface area contributed by atoms with Crippen molar-refractivity contribution in [1.82, 2.24) is 20.2 Å². The molecule has 0 saturated heterocycles. The van der Waals surface area contributed by atoms with Crippen LogP contribution in [0.3, 0.4) is 0 Å². The van der Waals surface area contributed by atoms with Crippen molar-refractivity contribution in [2.24, 2.45) is 4.99 Å². The third-order valence-electron chi connectivity index (χ3n) is 4.39. The van der Waals surface area contributed by atoms with E-state index >= 15 is 0 Å². The molecule has 3 aromatic rings. The lowest BCUT2D eigenvalue weighted by Gasteiger charge is -2.15. The molecule has 29 heavy (non-hydrogen) atoms. The van der Waals surface area contributed by atoms with Crippen LogP contribution in [-0.4, -0.2) is 36.2 Å².